The Bertz CT molecular complexity index is 570. The molecule has 7 heteroatoms. The Morgan fingerprint density at radius 3 is 2.50 bits per heavy atom. The molecule has 1 rings (SSSR count). The predicted molar refractivity (Wildman–Crippen MR) is 71.9 cm³/mol. The van der Waals surface area contributed by atoms with Crippen LogP contribution in [0.1, 0.15) is 29.3 Å². The van der Waals surface area contributed by atoms with Crippen molar-refractivity contribution in [2.45, 2.75) is 25.2 Å². The molecule has 1 aromatic carbocycles. The fraction of sp³-hybridized carbons (Fsp3) is 0.364. The maximum absolute atomic E-state index is 11.8. The zero-order chi connectivity index (χ0) is 13.9. The molecule has 0 atom stereocenters. The van der Waals surface area contributed by atoms with E-state index >= 15 is 0 Å². The lowest BCUT2D eigenvalue weighted by molar-refractivity contribution is 0.0953. The fourth-order valence-electron chi connectivity index (χ4n) is 1.36. The highest BCUT2D eigenvalue weighted by atomic mass is 35.7. The van der Waals surface area contributed by atoms with Gasteiger partial charge >= 0.3 is 0 Å². The van der Waals surface area contributed by atoms with Gasteiger partial charge in [0.1, 0.15) is 0 Å². The van der Waals surface area contributed by atoms with E-state index in [1.807, 2.05) is 6.92 Å². The molecule has 1 aromatic rings. The minimum Gasteiger partial charge on any atom is -0.352 e. The molecule has 0 bridgehead atoms. The Balaban J connectivity index is 3.27. The topological polar surface area (TPSA) is 63.2 Å². The summed E-state index contributed by atoms with van der Waals surface area (Å²) in [6.07, 6.45) is 0.784. The summed E-state index contributed by atoms with van der Waals surface area (Å²) in [5.41, 5.74) is 0.740. The van der Waals surface area contributed by atoms with Gasteiger partial charge in [-0.25, -0.2) is 8.42 Å². The molecule has 0 aromatic heterocycles. The van der Waals surface area contributed by atoms with Crippen LogP contribution in [0.3, 0.4) is 0 Å². The van der Waals surface area contributed by atoms with Crippen molar-refractivity contribution >= 4 is 37.2 Å². The third kappa shape index (κ3) is 3.60. The second-order valence-electron chi connectivity index (χ2n) is 3.77. The van der Waals surface area contributed by atoms with Crippen molar-refractivity contribution in [3.63, 3.8) is 0 Å². The van der Waals surface area contributed by atoms with Gasteiger partial charge in [0, 0.05) is 27.8 Å². The number of halogens is 2. The van der Waals surface area contributed by atoms with Crippen LogP contribution in [0, 0.1) is 6.92 Å². The van der Waals surface area contributed by atoms with Crippen LogP contribution in [-0.4, -0.2) is 20.9 Å². The Morgan fingerprint density at radius 1 is 1.39 bits per heavy atom. The molecule has 18 heavy (non-hydrogen) atoms. The van der Waals surface area contributed by atoms with Crippen LogP contribution >= 0.6 is 22.3 Å². The average molecular weight is 310 g/mol. The van der Waals surface area contributed by atoms with Crippen molar-refractivity contribution in [1.82, 2.24) is 5.32 Å². The first-order chi connectivity index (χ1) is 8.27. The van der Waals surface area contributed by atoms with Crippen LogP contribution in [0.2, 0.25) is 5.02 Å². The molecule has 0 heterocycles. The van der Waals surface area contributed by atoms with Crippen molar-refractivity contribution in [2.75, 3.05) is 6.54 Å². The van der Waals surface area contributed by atoms with Gasteiger partial charge in [-0.2, -0.15) is 0 Å². The number of hydrogen-bond donors (Lipinski definition) is 1. The van der Waals surface area contributed by atoms with Gasteiger partial charge in [-0.15, -0.1) is 0 Å². The number of benzene rings is 1. The van der Waals surface area contributed by atoms with Crippen molar-refractivity contribution < 1.29 is 13.2 Å². The molecule has 0 saturated carbocycles. The molecule has 1 amide bonds. The molecule has 0 aliphatic rings. The van der Waals surface area contributed by atoms with E-state index in [1.165, 1.54) is 12.1 Å². The molecule has 0 aliphatic carbocycles. The lowest BCUT2D eigenvalue weighted by Crippen LogP contribution is -2.25. The van der Waals surface area contributed by atoms with E-state index in [0.717, 1.165) is 6.42 Å². The van der Waals surface area contributed by atoms with Gasteiger partial charge in [0.05, 0.1) is 4.90 Å². The lowest BCUT2D eigenvalue weighted by Gasteiger charge is -2.09. The van der Waals surface area contributed by atoms with E-state index < -0.39 is 9.05 Å². The first kappa shape index (κ1) is 15.3. The Hall–Kier alpha value is -0.780. The molecular weight excluding hydrogens is 297 g/mol. The zero-order valence-electron chi connectivity index (χ0n) is 9.96. The number of rotatable bonds is 4. The summed E-state index contributed by atoms with van der Waals surface area (Å²) in [5.74, 6) is -0.363. The Kier molecular flexibility index (Phi) is 5.01. The van der Waals surface area contributed by atoms with Gasteiger partial charge in [0.15, 0.2) is 0 Å². The molecule has 4 nitrogen and oxygen atoms in total. The quantitative estimate of drug-likeness (QED) is 0.870. The maximum atomic E-state index is 11.8. The second kappa shape index (κ2) is 5.91. The van der Waals surface area contributed by atoms with E-state index in [1.54, 1.807) is 6.92 Å². The summed E-state index contributed by atoms with van der Waals surface area (Å²) in [6.45, 7) is 4.07. The molecule has 100 valence electrons. The van der Waals surface area contributed by atoms with E-state index in [2.05, 4.69) is 5.32 Å². The third-order valence-corrected chi connectivity index (χ3v) is 4.11. The van der Waals surface area contributed by atoms with E-state index in [0.29, 0.717) is 12.1 Å². The van der Waals surface area contributed by atoms with Gasteiger partial charge in [-0.05, 0) is 31.0 Å². The number of amides is 1. The number of carbonyl (C=O) groups is 1. The van der Waals surface area contributed by atoms with Gasteiger partial charge in [0.2, 0.25) is 0 Å². The molecule has 1 N–H and O–H groups in total. The van der Waals surface area contributed by atoms with Gasteiger partial charge in [0.25, 0.3) is 15.0 Å². The fourth-order valence-corrected chi connectivity index (χ4v) is 2.43. The van der Waals surface area contributed by atoms with E-state index in [-0.39, 0.29) is 21.4 Å². The first-order valence-corrected chi connectivity index (χ1v) is 7.99. The highest BCUT2D eigenvalue weighted by Gasteiger charge is 2.18. The zero-order valence-corrected chi connectivity index (χ0v) is 12.3. The van der Waals surface area contributed by atoms with Gasteiger partial charge in [-0.3, -0.25) is 4.79 Å². The number of nitrogens with one attached hydrogen (secondary N) is 1. The third-order valence-electron chi connectivity index (χ3n) is 2.38. The Morgan fingerprint density at radius 2 is 2.00 bits per heavy atom. The van der Waals surface area contributed by atoms with E-state index in [4.69, 9.17) is 22.3 Å². The Labute approximate surface area is 116 Å². The van der Waals surface area contributed by atoms with Crippen molar-refractivity contribution in [1.29, 1.82) is 0 Å². The van der Waals surface area contributed by atoms with Crippen LogP contribution in [0.4, 0.5) is 0 Å². The minimum atomic E-state index is -3.91. The summed E-state index contributed by atoms with van der Waals surface area (Å²) in [5, 5.41) is 2.85. The minimum absolute atomic E-state index is 0.179. The molecule has 0 aliphatic heterocycles. The second-order valence-corrected chi connectivity index (χ2v) is 6.74. The summed E-state index contributed by atoms with van der Waals surface area (Å²) in [6, 6.07) is 2.46. The van der Waals surface area contributed by atoms with Crippen molar-refractivity contribution in [2.24, 2.45) is 0 Å². The van der Waals surface area contributed by atoms with Crippen LogP contribution < -0.4 is 5.32 Å². The molecule has 0 unspecified atom stereocenters. The highest BCUT2D eigenvalue weighted by molar-refractivity contribution is 8.13. The standard InChI is InChI=1S/C11H13Cl2NO3S/c1-3-4-14-11(15)9-5-8(18(13,16)17)6-10(12)7(9)2/h5-6H,3-4H2,1-2H3,(H,14,15). The van der Waals surface area contributed by atoms with Crippen LogP contribution in [0.5, 0.6) is 0 Å². The van der Waals surface area contributed by atoms with Crippen molar-refractivity contribution in [3.8, 4) is 0 Å². The first-order valence-electron chi connectivity index (χ1n) is 5.30. The normalized spacial score (nSPS) is 11.3. The van der Waals surface area contributed by atoms with Gasteiger partial charge in [-0.1, -0.05) is 18.5 Å². The molecular formula is C11H13Cl2NO3S. The van der Waals surface area contributed by atoms with Crippen molar-refractivity contribution in [3.05, 3.63) is 28.3 Å². The predicted octanol–water partition coefficient (Wildman–Crippen LogP) is 2.72. The summed E-state index contributed by atoms with van der Waals surface area (Å²) < 4.78 is 22.5. The summed E-state index contributed by atoms with van der Waals surface area (Å²) in [7, 11) is 1.33. The smallest absolute Gasteiger partial charge is 0.261 e. The van der Waals surface area contributed by atoms with E-state index in [9.17, 15) is 13.2 Å². The summed E-state index contributed by atoms with van der Waals surface area (Å²) in [4.78, 5) is 11.7. The van der Waals surface area contributed by atoms with Crippen LogP contribution in [0.25, 0.3) is 0 Å². The SMILES string of the molecule is CCCNC(=O)c1cc(S(=O)(=O)Cl)cc(Cl)c1C. The maximum Gasteiger partial charge on any atom is 0.261 e. The molecule has 0 fully saturated rings. The highest BCUT2D eigenvalue weighted by Crippen LogP contribution is 2.26. The molecule has 0 saturated heterocycles. The average Bonchev–Trinajstić information content (AvgIpc) is 2.27. The van der Waals surface area contributed by atoms with Crippen LogP contribution in [-0.2, 0) is 9.05 Å². The monoisotopic (exact) mass is 309 g/mol. The summed E-state index contributed by atoms with van der Waals surface area (Å²) >= 11 is 5.90. The number of hydrogen-bond acceptors (Lipinski definition) is 3. The lowest BCUT2D eigenvalue weighted by atomic mass is 10.1. The molecule has 0 radical (unpaired) electrons. The largest absolute Gasteiger partial charge is 0.352 e. The van der Waals surface area contributed by atoms with Gasteiger partial charge < -0.3 is 5.32 Å². The van der Waals surface area contributed by atoms with Crippen LogP contribution in [0.15, 0.2) is 17.0 Å². The number of carbonyl (C=O) groups excluding carboxylic acids is 1. The molecule has 0 spiro atoms.